The van der Waals surface area contributed by atoms with Gasteiger partial charge in [0.25, 0.3) is 5.91 Å². The number of nitrogens with one attached hydrogen (secondary N) is 1. The fourth-order valence-corrected chi connectivity index (χ4v) is 2.05. The van der Waals surface area contributed by atoms with Crippen LogP contribution >= 0.6 is 0 Å². The molecule has 0 unspecified atom stereocenters. The molecule has 0 saturated carbocycles. The highest BCUT2D eigenvalue weighted by atomic mass is 16.5. The van der Waals surface area contributed by atoms with Crippen LogP contribution in [0.3, 0.4) is 0 Å². The molecule has 1 amide bonds. The Morgan fingerprint density at radius 3 is 2.58 bits per heavy atom. The minimum Gasteiger partial charge on any atom is -0.395 e. The Morgan fingerprint density at radius 2 is 1.95 bits per heavy atom. The summed E-state index contributed by atoms with van der Waals surface area (Å²) in [6.45, 7) is 4.64. The second-order valence-corrected chi connectivity index (χ2v) is 4.56. The highest BCUT2D eigenvalue weighted by Crippen LogP contribution is 2.09. The molecule has 2 N–H and O–H groups in total. The lowest BCUT2D eigenvalue weighted by molar-refractivity contribution is 0.0342. The molecule has 0 spiro atoms. The van der Waals surface area contributed by atoms with Crippen LogP contribution < -0.4 is 5.32 Å². The van der Waals surface area contributed by atoms with Gasteiger partial charge in [-0.1, -0.05) is 12.1 Å². The number of amides is 1. The first-order chi connectivity index (χ1) is 9.29. The Labute approximate surface area is 113 Å². The third kappa shape index (κ3) is 4.31. The lowest BCUT2D eigenvalue weighted by Crippen LogP contribution is -2.35. The zero-order valence-corrected chi connectivity index (χ0v) is 11.0. The van der Waals surface area contributed by atoms with Crippen LogP contribution in [0.4, 0.5) is 0 Å². The summed E-state index contributed by atoms with van der Waals surface area (Å²) in [4.78, 5) is 14.0. The first kappa shape index (κ1) is 14.0. The van der Waals surface area contributed by atoms with Gasteiger partial charge in [0.1, 0.15) is 0 Å². The fraction of sp³-hybridized carbons (Fsp3) is 0.500. The van der Waals surface area contributed by atoms with Gasteiger partial charge in [0.2, 0.25) is 0 Å². The molecule has 1 heterocycles. The van der Waals surface area contributed by atoms with E-state index in [0.29, 0.717) is 5.56 Å². The highest BCUT2D eigenvalue weighted by Gasteiger charge is 2.11. The van der Waals surface area contributed by atoms with Crippen LogP contribution in [0.25, 0.3) is 0 Å². The van der Waals surface area contributed by atoms with Gasteiger partial charge in [-0.3, -0.25) is 9.69 Å². The molecule has 104 valence electrons. The predicted molar refractivity (Wildman–Crippen MR) is 72.0 cm³/mol. The second-order valence-electron chi connectivity index (χ2n) is 4.56. The van der Waals surface area contributed by atoms with E-state index >= 15 is 0 Å². The van der Waals surface area contributed by atoms with Crippen molar-refractivity contribution in [3.8, 4) is 0 Å². The van der Waals surface area contributed by atoms with Crippen molar-refractivity contribution >= 4 is 5.91 Å². The number of carbonyl (C=O) groups is 1. The zero-order chi connectivity index (χ0) is 13.5. The van der Waals surface area contributed by atoms with E-state index in [1.807, 2.05) is 24.3 Å². The van der Waals surface area contributed by atoms with Crippen LogP contribution in [-0.4, -0.2) is 55.4 Å². The minimum absolute atomic E-state index is 0.0408. The molecule has 19 heavy (non-hydrogen) atoms. The molecular weight excluding hydrogens is 244 g/mol. The van der Waals surface area contributed by atoms with Gasteiger partial charge in [-0.2, -0.15) is 0 Å². The van der Waals surface area contributed by atoms with Crippen molar-refractivity contribution in [1.82, 2.24) is 10.2 Å². The Hall–Kier alpha value is -1.43. The number of hydrogen-bond donors (Lipinski definition) is 2. The van der Waals surface area contributed by atoms with Crippen molar-refractivity contribution in [3.63, 3.8) is 0 Å². The van der Waals surface area contributed by atoms with E-state index in [1.165, 1.54) is 5.56 Å². The van der Waals surface area contributed by atoms with E-state index in [4.69, 9.17) is 9.84 Å². The number of nitrogens with zero attached hydrogens (tertiary/aromatic N) is 1. The third-order valence-electron chi connectivity index (χ3n) is 3.12. The average molecular weight is 264 g/mol. The maximum absolute atomic E-state index is 11.7. The Morgan fingerprint density at radius 1 is 1.26 bits per heavy atom. The molecule has 1 saturated heterocycles. The summed E-state index contributed by atoms with van der Waals surface area (Å²) in [6.07, 6.45) is 0. The van der Waals surface area contributed by atoms with Gasteiger partial charge in [-0.15, -0.1) is 0 Å². The Balaban J connectivity index is 1.88. The lowest BCUT2D eigenvalue weighted by atomic mass is 10.1. The van der Waals surface area contributed by atoms with Gasteiger partial charge in [-0.25, -0.2) is 0 Å². The molecule has 0 radical (unpaired) electrons. The van der Waals surface area contributed by atoms with Gasteiger partial charge < -0.3 is 15.2 Å². The quantitative estimate of drug-likeness (QED) is 0.800. The highest BCUT2D eigenvalue weighted by molar-refractivity contribution is 5.94. The van der Waals surface area contributed by atoms with E-state index in [9.17, 15) is 4.79 Å². The molecule has 5 nitrogen and oxygen atoms in total. The molecule has 1 fully saturated rings. The van der Waals surface area contributed by atoms with E-state index in [-0.39, 0.29) is 19.1 Å². The van der Waals surface area contributed by atoms with E-state index in [0.717, 1.165) is 32.8 Å². The van der Waals surface area contributed by atoms with Crippen LogP contribution in [0.1, 0.15) is 15.9 Å². The summed E-state index contributed by atoms with van der Waals surface area (Å²) in [5.74, 6) is -0.146. The summed E-state index contributed by atoms with van der Waals surface area (Å²) in [5.41, 5.74) is 1.82. The lowest BCUT2D eigenvalue weighted by Gasteiger charge is -2.26. The molecule has 1 aromatic carbocycles. The summed E-state index contributed by atoms with van der Waals surface area (Å²) in [7, 11) is 0. The number of hydrogen-bond acceptors (Lipinski definition) is 4. The normalized spacial score (nSPS) is 16.3. The molecule has 1 aromatic rings. The van der Waals surface area contributed by atoms with Crippen LogP contribution in [0.5, 0.6) is 0 Å². The molecular formula is C14H20N2O3. The smallest absolute Gasteiger partial charge is 0.251 e. The number of morpholine rings is 1. The topological polar surface area (TPSA) is 61.8 Å². The largest absolute Gasteiger partial charge is 0.395 e. The number of aliphatic hydroxyl groups excluding tert-OH is 1. The molecule has 5 heteroatoms. The molecule has 1 aliphatic heterocycles. The predicted octanol–water partition coefficient (Wildman–Crippen LogP) is 0.241. The SMILES string of the molecule is O=C(NCCO)c1ccc(CN2CCOCC2)cc1. The second kappa shape index (κ2) is 7.23. The van der Waals surface area contributed by atoms with Crippen molar-refractivity contribution in [3.05, 3.63) is 35.4 Å². The van der Waals surface area contributed by atoms with Crippen molar-refractivity contribution < 1.29 is 14.6 Å². The average Bonchev–Trinajstić information content (AvgIpc) is 2.46. The minimum atomic E-state index is -0.146. The van der Waals surface area contributed by atoms with E-state index in [2.05, 4.69) is 10.2 Å². The van der Waals surface area contributed by atoms with Gasteiger partial charge in [0, 0.05) is 31.7 Å². The van der Waals surface area contributed by atoms with Crippen molar-refractivity contribution in [2.45, 2.75) is 6.54 Å². The standard InChI is InChI=1S/C14H20N2O3/c17-8-5-15-14(18)13-3-1-12(2-4-13)11-16-6-9-19-10-7-16/h1-4,17H,5-11H2,(H,15,18). The van der Waals surface area contributed by atoms with Crippen molar-refractivity contribution in [1.29, 1.82) is 0 Å². The molecule has 0 aliphatic carbocycles. The van der Waals surface area contributed by atoms with Gasteiger partial charge in [-0.05, 0) is 17.7 Å². The van der Waals surface area contributed by atoms with Crippen LogP contribution in [0.15, 0.2) is 24.3 Å². The molecule has 0 aromatic heterocycles. The monoisotopic (exact) mass is 264 g/mol. The number of carbonyl (C=O) groups excluding carboxylic acids is 1. The van der Waals surface area contributed by atoms with E-state index < -0.39 is 0 Å². The summed E-state index contributed by atoms with van der Waals surface area (Å²) >= 11 is 0. The number of benzene rings is 1. The summed E-state index contributed by atoms with van der Waals surface area (Å²) in [5, 5.41) is 11.3. The summed E-state index contributed by atoms with van der Waals surface area (Å²) < 4.78 is 5.31. The maximum atomic E-state index is 11.7. The number of rotatable bonds is 5. The Bertz CT molecular complexity index is 400. The third-order valence-corrected chi connectivity index (χ3v) is 3.12. The van der Waals surface area contributed by atoms with Crippen molar-refractivity contribution in [2.75, 3.05) is 39.5 Å². The zero-order valence-electron chi connectivity index (χ0n) is 11.0. The van der Waals surface area contributed by atoms with Gasteiger partial charge >= 0.3 is 0 Å². The number of aliphatic hydroxyl groups is 1. The maximum Gasteiger partial charge on any atom is 0.251 e. The molecule has 1 aliphatic rings. The molecule has 0 atom stereocenters. The van der Waals surface area contributed by atoms with E-state index in [1.54, 1.807) is 0 Å². The molecule has 0 bridgehead atoms. The fourth-order valence-electron chi connectivity index (χ4n) is 2.05. The first-order valence-corrected chi connectivity index (χ1v) is 6.57. The first-order valence-electron chi connectivity index (χ1n) is 6.57. The number of ether oxygens (including phenoxy) is 1. The summed E-state index contributed by atoms with van der Waals surface area (Å²) in [6, 6.07) is 7.59. The van der Waals surface area contributed by atoms with Gasteiger partial charge in [0.05, 0.1) is 19.8 Å². The van der Waals surface area contributed by atoms with Crippen LogP contribution in [-0.2, 0) is 11.3 Å². The Kier molecular flexibility index (Phi) is 5.32. The molecule has 2 rings (SSSR count). The van der Waals surface area contributed by atoms with Gasteiger partial charge in [0.15, 0.2) is 0 Å². The van der Waals surface area contributed by atoms with Crippen LogP contribution in [0, 0.1) is 0 Å². The van der Waals surface area contributed by atoms with Crippen molar-refractivity contribution in [2.24, 2.45) is 0 Å². The van der Waals surface area contributed by atoms with Crippen LogP contribution in [0.2, 0.25) is 0 Å².